The second-order valence-corrected chi connectivity index (χ2v) is 10.0. The number of hydrogen-bond acceptors (Lipinski definition) is 4. The number of nitrogens with zero attached hydrogens (tertiary/aromatic N) is 2. The van der Waals surface area contributed by atoms with Gasteiger partial charge in [0.25, 0.3) is 5.91 Å². The van der Waals surface area contributed by atoms with Gasteiger partial charge in [-0.3, -0.25) is 4.79 Å². The monoisotopic (exact) mass is 440 g/mol. The van der Waals surface area contributed by atoms with Gasteiger partial charge in [0, 0.05) is 28.6 Å². The molecule has 0 radical (unpaired) electrons. The van der Waals surface area contributed by atoms with Crippen molar-refractivity contribution in [3.63, 3.8) is 0 Å². The van der Waals surface area contributed by atoms with Crippen molar-refractivity contribution in [2.75, 3.05) is 18.1 Å². The molecule has 1 amide bonds. The maximum absolute atomic E-state index is 13.6. The molecule has 2 heterocycles. The molecule has 1 unspecified atom stereocenters. The van der Waals surface area contributed by atoms with Crippen LogP contribution >= 0.6 is 11.6 Å². The summed E-state index contributed by atoms with van der Waals surface area (Å²) < 4.78 is 24.0. The zero-order chi connectivity index (χ0) is 21.3. The molecule has 0 N–H and O–H groups in total. The SMILES string of the molecule is C=CCN(C(=O)c1cc(-c2ccc(Cl)cc2)nc2ccccc12)C1CCS(=O)(=O)C1. The highest BCUT2D eigenvalue weighted by Crippen LogP contribution is 2.28. The summed E-state index contributed by atoms with van der Waals surface area (Å²) in [5.41, 5.74) is 2.70. The van der Waals surface area contributed by atoms with E-state index in [2.05, 4.69) is 6.58 Å². The van der Waals surface area contributed by atoms with Gasteiger partial charge in [-0.25, -0.2) is 13.4 Å². The van der Waals surface area contributed by atoms with Crippen molar-refractivity contribution in [3.05, 3.63) is 77.8 Å². The molecule has 1 aromatic heterocycles. The van der Waals surface area contributed by atoms with Crippen molar-refractivity contribution >= 4 is 38.2 Å². The van der Waals surface area contributed by atoms with E-state index in [1.54, 1.807) is 29.2 Å². The van der Waals surface area contributed by atoms with Gasteiger partial charge in [0.15, 0.2) is 9.84 Å². The van der Waals surface area contributed by atoms with Crippen molar-refractivity contribution in [2.24, 2.45) is 0 Å². The summed E-state index contributed by atoms with van der Waals surface area (Å²) in [6.07, 6.45) is 2.07. The highest BCUT2D eigenvalue weighted by atomic mass is 35.5. The lowest BCUT2D eigenvalue weighted by Gasteiger charge is -2.27. The molecule has 0 saturated carbocycles. The molecule has 2 aromatic carbocycles. The van der Waals surface area contributed by atoms with Crippen LogP contribution in [0.1, 0.15) is 16.8 Å². The molecular weight excluding hydrogens is 420 g/mol. The molecular formula is C23H21ClN2O3S. The number of amides is 1. The number of pyridine rings is 1. The third-order valence-electron chi connectivity index (χ3n) is 5.32. The van der Waals surface area contributed by atoms with Gasteiger partial charge >= 0.3 is 0 Å². The number of fused-ring (bicyclic) bond motifs is 1. The molecule has 0 aliphatic carbocycles. The number of rotatable bonds is 5. The molecule has 0 spiro atoms. The minimum absolute atomic E-state index is 0.0142. The Morgan fingerprint density at radius 3 is 2.60 bits per heavy atom. The zero-order valence-corrected chi connectivity index (χ0v) is 17.9. The average molecular weight is 441 g/mol. The second kappa shape index (κ2) is 8.20. The van der Waals surface area contributed by atoms with E-state index in [9.17, 15) is 13.2 Å². The van der Waals surface area contributed by atoms with Crippen molar-refractivity contribution in [2.45, 2.75) is 12.5 Å². The molecule has 30 heavy (non-hydrogen) atoms. The fourth-order valence-corrected chi connectivity index (χ4v) is 5.69. The Hall–Kier alpha value is -2.70. The quantitative estimate of drug-likeness (QED) is 0.552. The number of hydrogen-bond donors (Lipinski definition) is 0. The van der Waals surface area contributed by atoms with Gasteiger partial charge in [0.1, 0.15) is 0 Å². The Bertz CT molecular complexity index is 1220. The summed E-state index contributed by atoms with van der Waals surface area (Å²) in [5, 5.41) is 1.35. The topological polar surface area (TPSA) is 67.3 Å². The van der Waals surface area contributed by atoms with E-state index >= 15 is 0 Å². The maximum atomic E-state index is 13.6. The van der Waals surface area contributed by atoms with E-state index in [0.717, 1.165) is 10.9 Å². The zero-order valence-electron chi connectivity index (χ0n) is 16.3. The van der Waals surface area contributed by atoms with Crippen LogP contribution in [0.3, 0.4) is 0 Å². The van der Waals surface area contributed by atoms with Crippen LogP contribution < -0.4 is 0 Å². The van der Waals surface area contributed by atoms with Crippen molar-refractivity contribution in [1.82, 2.24) is 9.88 Å². The summed E-state index contributed by atoms with van der Waals surface area (Å²) in [6.45, 7) is 4.04. The standard InChI is InChI=1S/C23H21ClN2O3S/c1-2-12-26(18-11-13-30(28,29)15-18)23(27)20-14-22(16-7-9-17(24)10-8-16)25-21-6-4-3-5-19(20)21/h2-10,14,18H,1,11-13,15H2. The van der Waals surface area contributed by atoms with Crippen LogP contribution in [0.2, 0.25) is 5.02 Å². The molecule has 1 aliphatic heterocycles. The molecule has 1 aliphatic rings. The van der Waals surface area contributed by atoms with Crippen LogP contribution in [-0.2, 0) is 9.84 Å². The minimum Gasteiger partial charge on any atom is -0.331 e. The van der Waals surface area contributed by atoms with E-state index in [1.165, 1.54) is 0 Å². The second-order valence-electron chi connectivity index (χ2n) is 7.38. The number of aromatic nitrogens is 1. The number of carbonyl (C=O) groups excluding carboxylic acids is 1. The van der Waals surface area contributed by atoms with Crippen molar-refractivity contribution in [3.8, 4) is 11.3 Å². The highest BCUT2D eigenvalue weighted by Gasteiger charge is 2.35. The molecule has 3 aromatic rings. The Morgan fingerprint density at radius 2 is 1.93 bits per heavy atom. The predicted molar refractivity (Wildman–Crippen MR) is 120 cm³/mol. The number of carbonyl (C=O) groups is 1. The van der Waals surface area contributed by atoms with Gasteiger partial charge in [0.05, 0.1) is 28.3 Å². The average Bonchev–Trinajstić information content (AvgIpc) is 3.10. The Labute approximate surface area is 180 Å². The fraction of sp³-hybridized carbons (Fsp3) is 0.217. The van der Waals surface area contributed by atoms with E-state index in [1.807, 2.05) is 36.4 Å². The first-order valence-electron chi connectivity index (χ1n) is 9.66. The van der Waals surface area contributed by atoms with Crippen LogP contribution in [0.15, 0.2) is 67.3 Å². The minimum atomic E-state index is -3.13. The first kappa shape index (κ1) is 20.6. The highest BCUT2D eigenvalue weighted by molar-refractivity contribution is 7.91. The lowest BCUT2D eigenvalue weighted by Crippen LogP contribution is -2.41. The van der Waals surface area contributed by atoms with E-state index < -0.39 is 9.84 Å². The lowest BCUT2D eigenvalue weighted by atomic mass is 10.0. The third-order valence-corrected chi connectivity index (χ3v) is 7.32. The largest absolute Gasteiger partial charge is 0.331 e. The van der Waals surface area contributed by atoms with Gasteiger partial charge in [-0.2, -0.15) is 0 Å². The number of benzene rings is 2. The van der Waals surface area contributed by atoms with Crippen molar-refractivity contribution in [1.29, 1.82) is 0 Å². The van der Waals surface area contributed by atoms with Gasteiger partial charge in [-0.15, -0.1) is 6.58 Å². The van der Waals surface area contributed by atoms with Gasteiger partial charge in [0.2, 0.25) is 0 Å². The Morgan fingerprint density at radius 1 is 1.20 bits per heavy atom. The Kier molecular flexibility index (Phi) is 5.62. The van der Waals surface area contributed by atoms with Gasteiger partial charge in [-0.1, -0.05) is 48.0 Å². The first-order valence-corrected chi connectivity index (χ1v) is 11.9. The summed E-state index contributed by atoms with van der Waals surface area (Å²) in [5.74, 6) is -0.128. The van der Waals surface area contributed by atoms with Gasteiger partial charge in [-0.05, 0) is 30.7 Å². The molecule has 7 heteroatoms. The van der Waals surface area contributed by atoms with E-state index in [4.69, 9.17) is 16.6 Å². The van der Waals surface area contributed by atoms with E-state index in [-0.39, 0.29) is 30.0 Å². The smallest absolute Gasteiger partial charge is 0.255 e. The maximum Gasteiger partial charge on any atom is 0.255 e. The summed E-state index contributed by atoms with van der Waals surface area (Å²) >= 11 is 6.01. The molecule has 1 saturated heterocycles. The van der Waals surface area contributed by atoms with Gasteiger partial charge < -0.3 is 4.90 Å². The van der Waals surface area contributed by atoms with Crippen LogP contribution in [0.5, 0.6) is 0 Å². The predicted octanol–water partition coefficient (Wildman–Crippen LogP) is 4.37. The van der Waals surface area contributed by atoms with Crippen molar-refractivity contribution < 1.29 is 13.2 Å². The van der Waals surface area contributed by atoms with Crippen LogP contribution in [-0.4, -0.2) is 48.3 Å². The first-order chi connectivity index (χ1) is 14.4. The number of halogens is 1. The molecule has 4 rings (SSSR count). The molecule has 1 fully saturated rings. The molecule has 1 atom stereocenters. The lowest BCUT2D eigenvalue weighted by molar-refractivity contribution is 0.0722. The van der Waals surface area contributed by atoms with Crippen LogP contribution in [0.4, 0.5) is 0 Å². The normalized spacial score (nSPS) is 17.7. The molecule has 5 nitrogen and oxygen atoms in total. The number of sulfone groups is 1. The number of para-hydroxylation sites is 1. The fourth-order valence-electron chi connectivity index (χ4n) is 3.83. The Balaban J connectivity index is 1.82. The van der Waals surface area contributed by atoms with E-state index in [0.29, 0.717) is 28.2 Å². The molecule has 0 bridgehead atoms. The van der Waals surface area contributed by atoms with Crippen LogP contribution in [0, 0.1) is 0 Å². The third kappa shape index (κ3) is 4.11. The molecule has 154 valence electrons. The summed E-state index contributed by atoms with van der Waals surface area (Å²) in [7, 11) is -3.13. The van der Waals surface area contributed by atoms with Crippen LogP contribution in [0.25, 0.3) is 22.2 Å². The summed E-state index contributed by atoms with van der Waals surface area (Å²) in [6, 6.07) is 16.2. The summed E-state index contributed by atoms with van der Waals surface area (Å²) in [4.78, 5) is 19.9.